The number of nitrogens with zero attached hydrogens (tertiary/aromatic N) is 2. The van der Waals surface area contributed by atoms with Gasteiger partial charge in [-0.3, -0.25) is 4.79 Å². The highest BCUT2D eigenvalue weighted by molar-refractivity contribution is 14.0. The summed E-state index contributed by atoms with van der Waals surface area (Å²) < 4.78 is 0. The number of amides is 1. The Morgan fingerprint density at radius 2 is 2.19 bits per heavy atom. The number of rotatable bonds is 6. The van der Waals surface area contributed by atoms with Crippen LogP contribution in [0.5, 0.6) is 0 Å². The van der Waals surface area contributed by atoms with Gasteiger partial charge in [-0.15, -0.1) is 24.0 Å². The predicted octanol–water partition coefficient (Wildman–Crippen LogP) is 1.82. The summed E-state index contributed by atoms with van der Waals surface area (Å²) in [5.41, 5.74) is 7.42. The van der Waals surface area contributed by atoms with Gasteiger partial charge in [0.1, 0.15) is 5.82 Å². The lowest BCUT2D eigenvalue weighted by Gasteiger charge is -2.07. The molecule has 0 spiro atoms. The number of carbonyl (C=O) groups excluding carboxylic acids is 1. The van der Waals surface area contributed by atoms with Crippen molar-refractivity contribution in [3.05, 3.63) is 36.0 Å². The summed E-state index contributed by atoms with van der Waals surface area (Å²) in [5.74, 6) is 0.747. The Kier molecular flexibility index (Phi) is 9.35. The van der Waals surface area contributed by atoms with Crippen molar-refractivity contribution in [2.75, 3.05) is 18.4 Å². The maximum atomic E-state index is 11.7. The number of halogens is 1. The van der Waals surface area contributed by atoms with Gasteiger partial charge >= 0.3 is 0 Å². The standard InChI is InChI=1S/C14H21N5O.HI/c1-10(2)9-17-14(15)16-8-7-13(20)19-12-6-4-5-11(3)18-12;/h4-6H,1,7-9H2,2-3H3,(H3,15,16,17)(H,18,19,20);1H. The Bertz CT molecular complexity index is 516. The summed E-state index contributed by atoms with van der Waals surface area (Å²) in [5, 5.41) is 5.59. The Balaban J connectivity index is 0.00000400. The van der Waals surface area contributed by atoms with Gasteiger partial charge in [0.05, 0.1) is 6.54 Å². The fourth-order valence-electron chi connectivity index (χ4n) is 1.40. The van der Waals surface area contributed by atoms with Crippen LogP contribution in [0.2, 0.25) is 0 Å². The van der Waals surface area contributed by atoms with Crippen molar-refractivity contribution >= 4 is 41.7 Å². The van der Waals surface area contributed by atoms with Gasteiger partial charge in [0, 0.05) is 18.7 Å². The van der Waals surface area contributed by atoms with Crippen LogP contribution in [0.3, 0.4) is 0 Å². The summed E-state index contributed by atoms with van der Waals surface area (Å²) >= 11 is 0. The number of hydrogen-bond donors (Lipinski definition) is 3. The van der Waals surface area contributed by atoms with E-state index in [1.807, 2.05) is 26.0 Å². The van der Waals surface area contributed by atoms with Crippen molar-refractivity contribution in [2.45, 2.75) is 20.3 Å². The van der Waals surface area contributed by atoms with E-state index in [2.05, 4.69) is 27.2 Å². The molecule has 0 aromatic carbocycles. The van der Waals surface area contributed by atoms with E-state index in [1.165, 1.54) is 0 Å². The number of aromatic nitrogens is 1. The normalized spacial score (nSPS) is 10.5. The van der Waals surface area contributed by atoms with Crippen molar-refractivity contribution in [3.8, 4) is 0 Å². The molecule has 0 bridgehead atoms. The van der Waals surface area contributed by atoms with Gasteiger partial charge in [0.25, 0.3) is 0 Å². The Labute approximate surface area is 142 Å². The zero-order valence-electron chi connectivity index (χ0n) is 12.3. The lowest BCUT2D eigenvalue weighted by molar-refractivity contribution is -0.116. The Morgan fingerprint density at radius 1 is 1.48 bits per heavy atom. The van der Waals surface area contributed by atoms with Gasteiger partial charge in [-0.2, -0.15) is 0 Å². The van der Waals surface area contributed by atoms with Crippen LogP contribution < -0.4 is 16.4 Å². The van der Waals surface area contributed by atoms with E-state index >= 15 is 0 Å². The van der Waals surface area contributed by atoms with E-state index in [4.69, 9.17) is 5.73 Å². The van der Waals surface area contributed by atoms with E-state index in [0.29, 0.717) is 31.3 Å². The number of hydrogen-bond acceptors (Lipinski definition) is 3. The zero-order chi connectivity index (χ0) is 15.0. The van der Waals surface area contributed by atoms with Gasteiger partial charge in [0.2, 0.25) is 5.91 Å². The Hall–Kier alpha value is -1.64. The summed E-state index contributed by atoms with van der Waals surface area (Å²) in [6, 6.07) is 5.47. The number of nitrogens with one attached hydrogen (secondary N) is 2. The minimum Gasteiger partial charge on any atom is -0.370 e. The van der Waals surface area contributed by atoms with Crippen molar-refractivity contribution in [1.29, 1.82) is 0 Å². The molecular weight excluding hydrogens is 381 g/mol. The molecule has 4 N–H and O–H groups in total. The second-order valence-corrected chi connectivity index (χ2v) is 4.55. The Morgan fingerprint density at radius 3 is 2.81 bits per heavy atom. The molecule has 0 saturated heterocycles. The third-order valence-electron chi connectivity index (χ3n) is 2.33. The molecule has 21 heavy (non-hydrogen) atoms. The number of anilines is 1. The average molecular weight is 403 g/mol. The first-order valence-corrected chi connectivity index (χ1v) is 6.39. The molecule has 0 saturated carbocycles. The molecule has 1 rings (SSSR count). The third-order valence-corrected chi connectivity index (χ3v) is 2.33. The number of guanidine groups is 1. The number of aryl methyl sites for hydroxylation is 1. The number of aliphatic imine (C=N–C) groups is 1. The highest BCUT2D eigenvalue weighted by atomic mass is 127. The topological polar surface area (TPSA) is 92.4 Å². The molecule has 0 radical (unpaired) electrons. The minimum atomic E-state index is -0.122. The monoisotopic (exact) mass is 403 g/mol. The fourth-order valence-corrected chi connectivity index (χ4v) is 1.40. The van der Waals surface area contributed by atoms with Gasteiger partial charge < -0.3 is 16.4 Å². The van der Waals surface area contributed by atoms with Crippen LogP contribution in [0.25, 0.3) is 0 Å². The summed E-state index contributed by atoms with van der Waals surface area (Å²) in [4.78, 5) is 19.9. The van der Waals surface area contributed by atoms with E-state index in [9.17, 15) is 4.79 Å². The van der Waals surface area contributed by atoms with Crippen LogP contribution in [0.15, 0.2) is 35.3 Å². The molecule has 0 aliphatic heterocycles. The fraction of sp³-hybridized carbons (Fsp3) is 0.357. The van der Waals surface area contributed by atoms with Crippen LogP contribution in [-0.4, -0.2) is 29.9 Å². The van der Waals surface area contributed by atoms with E-state index in [-0.39, 0.29) is 29.9 Å². The smallest absolute Gasteiger partial charge is 0.227 e. The second kappa shape index (κ2) is 10.1. The molecular formula is C14H22IN5O. The molecule has 6 nitrogen and oxygen atoms in total. The first-order valence-electron chi connectivity index (χ1n) is 6.39. The zero-order valence-corrected chi connectivity index (χ0v) is 14.7. The SMILES string of the molecule is C=C(C)CN=C(N)NCCC(=O)Nc1cccc(C)n1.I. The molecule has 1 heterocycles. The number of carbonyl (C=O) groups is 1. The molecule has 1 amide bonds. The van der Waals surface area contributed by atoms with Crippen molar-refractivity contribution in [1.82, 2.24) is 10.3 Å². The molecule has 7 heteroatoms. The van der Waals surface area contributed by atoms with E-state index in [1.54, 1.807) is 6.07 Å². The molecule has 1 aromatic rings. The van der Waals surface area contributed by atoms with Gasteiger partial charge in [-0.25, -0.2) is 9.98 Å². The molecule has 116 valence electrons. The summed E-state index contributed by atoms with van der Waals surface area (Å²) in [7, 11) is 0. The van der Waals surface area contributed by atoms with E-state index < -0.39 is 0 Å². The summed E-state index contributed by atoms with van der Waals surface area (Å²) in [6.07, 6.45) is 0.291. The highest BCUT2D eigenvalue weighted by Crippen LogP contribution is 2.03. The van der Waals surface area contributed by atoms with Crippen LogP contribution in [0.4, 0.5) is 5.82 Å². The predicted molar refractivity (Wildman–Crippen MR) is 96.9 cm³/mol. The second-order valence-electron chi connectivity index (χ2n) is 4.55. The van der Waals surface area contributed by atoms with Gasteiger partial charge in [-0.1, -0.05) is 18.2 Å². The first-order chi connectivity index (χ1) is 9.47. The largest absolute Gasteiger partial charge is 0.370 e. The van der Waals surface area contributed by atoms with Crippen molar-refractivity contribution < 1.29 is 4.79 Å². The third kappa shape index (κ3) is 9.01. The van der Waals surface area contributed by atoms with Gasteiger partial charge in [-0.05, 0) is 26.0 Å². The molecule has 0 fully saturated rings. The highest BCUT2D eigenvalue weighted by Gasteiger charge is 2.03. The molecule has 0 unspecified atom stereocenters. The lowest BCUT2D eigenvalue weighted by atomic mass is 10.3. The van der Waals surface area contributed by atoms with Gasteiger partial charge in [0.15, 0.2) is 5.96 Å². The molecule has 0 aliphatic rings. The average Bonchev–Trinajstić information content (AvgIpc) is 2.36. The van der Waals surface area contributed by atoms with Crippen molar-refractivity contribution in [3.63, 3.8) is 0 Å². The molecule has 0 aliphatic carbocycles. The van der Waals surface area contributed by atoms with Crippen LogP contribution in [-0.2, 0) is 4.79 Å². The van der Waals surface area contributed by atoms with Crippen LogP contribution >= 0.6 is 24.0 Å². The summed E-state index contributed by atoms with van der Waals surface area (Å²) in [6.45, 7) is 8.38. The molecule has 1 aromatic heterocycles. The number of pyridine rings is 1. The van der Waals surface area contributed by atoms with Crippen LogP contribution in [0.1, 0.15) is 19.0 Å². The quantitative estimate of drug-likeness (QED) is 0.293. The minimum absolute atomic E-state index is 0. The maximum Gasteiger partial charge on any atom is 0.227 e. The number of nitrogens with two attached hydrogens (primary N) is 1. The van der Waals surface area contributed by atoms with Crippen LogP contribution in [0, 0.1) is 6.92 Å². The maximum absolute atomic E-state index is 11.7. The van der Waals surface area contributed by atoms with Crippen molar-refractivity contribution in [2.24, 2.45) is 10.7 Å². The van der Waals surface area contributed by atoms with E-state index in [0.717, 1.165) is 11.3 Å². The first kappa shape index (κ1) is 19.4. The lowest BCUT2D eigenvalue weighted by Crippen LogP contribution is -2.34. The molecule has 0 atom stereocenters.